The normalized spacial score (nSPS) is 14.4. The average Bonchev–Trinajstić information content (AvgIpc) is 2.54. The van der Waals surface area contributed by atoms with Crippen molar-refractivity contribution < 1.29 is 14.6 Å². The first-order valence-corrected chi connectivity index (χ1v) is 7.62. The number of hydrogen-bond acceptors (Lipinski definition) is 4. The zero-order valence-electron chi connectivity index (χ0n) is 13.7. The second-order valence-electron chi connectivity index (χ2n) is 5.30. The smallest absolute Gasteiger partial charge is 0.0942 e. The van der Waals surface area contributed by atoms with Gasteiger partial charge in [0.2, 0.25) is 0 Å². The van der Waals surface area contributed by atoms with Crippen LogP contribution in [-0.2, 0) is 15.9 Å². The molecule has 0 amide bonds. The third kappa shape index (κ3) is 5.75. The molecule has 0 bridgehead atoms. The number of aryl methyl sites for hydroxylation is 1. The van der Waals surface area contributed by atoms with Crippen LogP contribution < -0.4 is 0 Å². The van der Waals surface area contributed by atoms with Crippen molar-refractivity contribution in [3.63, 3.8) is 0 Å². The fourth-order valence-electron chi connectivity index (χ4n) is 2.36. The first kappa shape index (κ1) is 18.1. The maximum atomic E-state index is 10.6. The maximum absolute atomic E-state index is 10.6. The average molecular weight is 295 g/mol. The standard InChI is InChI=1S/C17H29NO3/c1-5-15-6-8-16(9-7-15)17(19)14(2)18(10-12-20-3)11-13-21-4/h6-9,14,17,19H,5,10-13H2,1-4H3. The number of rotatable bonds is 10. The number of aliphatic hydroxyl groups is 1. The van der Waals surface area contributed by atoms with Crippen LogP contribution >= 0.6 is 0 Å². The molecule has 0 aliphatic carbocycles. The monoisotopic (exact) mass is 295 g/mol. The van der Waals surface area contributed by atoms with Gasteiger partial charge in [-0.15, -0.1) is 0 Å². The summed E-state index contributed by atoms with van der Waals surface area (Å²) in [5.74, 6) is 0. The van der Waals surface area contributed by atoms with Gasteiger partial charge in [-0.2, -0.15) is 0 Å². The van der Waals surface area contributed by atoms with E-state index in [1.54, 1.807) is 14.2 Å². The SMILES string of the molecule is CCc1ccc(C(O)C(C)N(CCOC)CCOC)cc1. The summed E-state index contributed by atoms with van der Waals surface area (Å²) in [6, 6.07) is 8.22. The second-order valence-corrected chi connectivity index (χ2v) is 5.30. The van der Waals surface area contributed by atoms with Gasteiger partial charge in [0, 0.05) is 33.4 Å². The Morgan fingerprint density at radius 3 is 2.00 bits per heavy atom. The molecule has 1 N–H and O–H groups in total. The number of ether oxygens (including phenoxy) is 2. The molecule has 0 radical (unpaired) electrons. The molecule has 1 aromatic carbocycles. The van der Waals surface area contributed by atoms with Gasteiger partial charge in [-0.3, -0.25) is 4.90 Å². The van der Waals surface area contributed by atoms with E-state index in [0.29, 0.717) is 13.2 Å². The van der Waals surface area contributed by atoms with Gasteiger partial charge in [0.1, 0.15) is 0 Å². The Balaban J connectivity index is 2.71. The molecule has 1 aromatic rings. The van der Waals surface area contributed by atoms with Crippen LogP contribution in [0.3, 0.4) is 0 Å². The maximum Gasteiger partial charge on any atom is 0.0942 e. The highest BCUT2D eigenvalue weighted by molar-refractivity contribution is 5.24. The summed E-state index contributed by atoms with van der Waals surface area (Å²) in [5, 5.41) is 10.6. The van der Waals surface area contributed by atoms with Gasteiger partial charge in [-0.1, -0.05) is 31.2 Å². The largest absolute Gasteiger partial charge is 0.387 e. The highest BCUT2D eigenvalue weighted by Gasteiger charge is 2.22. The van der Waals surface area contributed by atoms with E-state index in [0.717, 1.165) is 25.1 Å². The number of methoxy groups -OCH3 is 2. The highest BCUT2D eigenvalue weighted by atomic mass is 16.5. The van der Waals surface area contributed by atoms with Gasteiger partial charge in [0.15, 0.2) is 0 Å². The second kappa shape index (κ2) is 9.90. The van der Waals surface area contributed by atoms with Crippen LogP contribution in [0.1, 0.15) is 31.1 Å². The fourth-order valence-corrected chi connectivity index (χ4v) is 2.36. The predicted octanol–water partition coefficient (Wildman–Crippen LogP) is 2.27. The molecule has 2 atom stereocenters. The lowest BCUT2D eigenvalue weighted by molar-refractivity contribution is 0.0274. The molecular formula is C17H29NO3. The van der Waals surface area contributed by atoms with E-state index in [4.69, 9.17) is 9.47 Å². The summed E-state index contributed by atoms with van der Waals surface area (Å²) in [7, 11) is 3.39. The molecule has 0 spiro atoms. The summed E-state index contributed by atoms with van der Waals surface area (Å²) in [5.41, 5.74) is 2.24. The quantitative estimate of drug-likeness (QED) is 0.719. The van der Waals surface area contributed by atoms with Crippen molar-refractivity contribution in [1.82, 2.24) is 4.90 Å². The zero-order chi connectivity index (χ0) is 15.7. The fraction of sp³-hybridized carbons (Fsp3) is 0.647. The van der Waals surface area contributed by atoms with E-state index in [9.17, 15) is 5.11 Å². The lowest BCUT2D eigenvalue weighted by Crippen LogP contribution is -2.41. The first-order chi connectivity index (χ1) is 10.1. The summed E-state index contributed by atoms with van der Waals surface area (Å²) >= 11 is 0. The molecular weight excluding hydrogens is 266 g/mol. The molecule has 0 aromatic heterocycles. The van der Waals surface area contributed by atoms with Crippen LogP contribution in [0.2, 0.25) is 0 Å². The number of benzene rings is 1. The summed E-state index contributed by atoms with van der Waals surface area (Å²) in [6.07, 6.45) is 0.504. The number of aliphatic hydroxyl groups excluding tert-OH is 1. The molecule has 21 heavy (non-hydrogen) atoms. The van der Waals surface area contributed by atoms with Gasteiger partial charge in [-0.05, 0) is 24.5 Å². The molecule has 0 saturated carbocycles. The Bertz CT molecular complexity index is 372. The van der Waals surface area contributed by atoms with E-state index in [1.807, 2.05) is 19.1 Å². The lowest BCUT2D eigenvalue weighted by atomic mass is 10.00. The minimum Gasteiger partial charge on any atom is -0.387 e. The Morgan fingerprint density at radius 2 is 1.57 bits per heavy atom. The van der Waals surface area contributed by atoms with Gasteiger partial charge < -0.3 is 14.6 Å². The molecule has 1 rings (SSSR count). The minimum absolute atomic E-state index is 0.0165. The molecule has 120 valence electrons. The van der Waals surface area contributed by atoms with Crippen molar-refractivity contribution in [3.8, 4) is 0 Å². The number of hydrogen-bond donors (Lipinski definition) is 1. The van der Waals surface area contributed by atoms with Crippen molar-refractivity contribution in [2.45, 2.75) is 32.4 Å². The van der Waals surface area contributed by atoms with Gasteiger partial charge >= 0.3 is 0 Å². The van der Waals surface area contributed by atoms with E-state index in [2.05, 4.69) is 24.0 Å². The third-order valence-electron chi connectivity index (χ3n) is 3.93. The van der Waals surface area contributed by atoms with E-state index in [-0.39, 0.29) is 6.04 Å². The van der Waals surface area contributed by atoms with Gasteiger partial charge in [-0.25, -0.2) is 0 Å². The summed E-state index contributed by atoms with van der Waals surface area (Å²) < 4.78 is 10.3. The summed E-state index contributed by atoms with van der Waals surface area (Å²) in [6.45, 7) is 7.04. The van der Waals surface area contributed by atoms with Crippen molar-refractivity contribution >= 4 is 0 Å². The van der Waals surface area contributed by atoms with Crippen molar-refractivity contribution in [3.05, 3.63) is 35.4 Å². The lowest BCUT2D eigenvalue weighted by Gasteiger charge is -2.32. The van der Waals surface area contributed by atoms with Crippen LogP contribution in [-0.4, -0.2) is 56.6 Å². The molecule has 0 saturated heterocycles. The van der Waals surface area contributed by atoms with Crippen LogP contribution in [0.4, 0.5) is 0 Å². The molecule has 4 heteroatoms. The molecule has 0 aliphatic heterocycles. The molecule has 0 heterocycles. The Kier molecular flexibility index (Phi) is 8.54. The zero-order valence-corrected chi connectivity index (χ0v) is 13.7. The van der Waals surface area contributed by atoms with Crippen molar-refractivity contribution in [2.24, 2.45) is 0 Å². The Labute approximate surface area is 128 Å². The Hall–Kier alpha value is -0.940. The third-order valence-corrected chi connectivity index (χ3v) is 3.93. The van der Waals surface area contributed by atoms with E-state index < -0.39 is 6.10 Å². The van der Waals surface area contributed by atoms with Crippen LogP contribution in [0.25, 0.3) is 0 Å². The van der Waals surface area contributed by atoms with Crippen LogP contribution in [0.5, 0.6) is 0 Å². The van der Waals surface area contributed by atoms with Crippen LogP contribution in [0.15, 0.2) is 24.3 Å². The van der Waals surface area contributed by atoms with Gasteiger partial charge in [0.25, 0.3) is 0 Å². The topological polar surface area (TPSA) is 41.9 Å². The first-order valence-electron chi connectivity index (χ1n) is 7.62. The molecule has 0 aliphatic rings. The molecule has 2 unspecified atom stereocenters. The van der Waals surface area contributed by atoms with Crippen molar-refractivity contribution in [1.29, 1.82) is 0 Å². The van der Waals surface area contributed by atoms with Gasteiger partial charge in [0.05, 0.1) is 19.3 Å². The molecule has 4 nitrogen and oxygen atoms in total. The van der Waals surface area contributed by atoms with E-state index >= 15 is 0 Å². The van der Waals surface area contributed by atoms with Crippen LogP contribution in [0, 0.1) is 0 Å². The predicted molar refractivity (Wildman–Crippen MR) is 85.6 cm³/mol. The van der Waals surface area contributed by atoms with E-state index in [1.165, 1.54) is 5.56 Å². The minimum atomic E-state index is -0.510. The van der Waals surface area contributed by atoms with Crippen molar-refractivity contribution in [2.75, 3.05) is 40.5 Å². The molecule has 0 fully saturated rings. The Morgan fingerprint density at radius 1 is 1.05 bits per heavy atom. The number of nitrogens with zero attached hydrogens (tertiary/aromatic N) is 1. The summed E-state index contributed by atoms with van der Waals surface area (Å²) in [4.78, 5) is 2.20. The highest BCUT2D eigenvalue weighted by Crippen LogP contribution is 2.21.